The Balaban J connectivity index is 2.35. The molecule has 1 aromatic heterocycles. The Bertz CT molecular complexity index is 719. The lowest BCUT2D eigenvalue weighted by molar-refractivity contribution is 0.631. The third-order valence-corrected chi connectivity index (χ3v) is 3.09. The van der Waals surface area contributed by atoms with Gasteiger partial charge in [0.15, 0.2) is 0 Å². The zero-order valence-corrected chi connectivity index (χ0v) is 10.2. The van der Waals surface area contributed by atoms with Crippen LogP contribution in [0.4, 0.5) is 4.39 Å². The van der Waals surface area contributed by atoms with E-state index in [4.69, 9.17) is 11.6 Å². The molecule has 0 aliphatic rings. The SMILES string of the molecule is Fc1ccc(Cl)cc1-c1nccc2ccccc12. The molecule has 1 nitrogen and oxygen atoms in total. The number of benzene rings is 2. The van der Waals surface area contributed by atoms with Gasteiger partial charge in [-0.2, -0.15) is 0 Å². The molecule has 0 amide bonds. The lowest BCUT2D eigenvalue weighted by Crippen LogP contribution is -1.89. The Morgan fingerprint density at radius 3 is 2.72 bits per heavy atom. The zero-order chi connectivity index (χ0) is 12.5. The van der Waals surface area contributed by atoms with Crippen LogP contribution in [0.15, 0.2) is 54.7 Å². The summed E-state index contributed by atoms with van der Waals surface area (Å²) in [7, 11) is 0. The fourth-order valence-electron chi connectivity index (χ4n) is 2.01. The van der Waals surface area contributed by atoms with Crippen molar-refractivity contribution in [1.29, 1.82) is 0 Å². The van der Waals surface area contributed by atoms with Crippen molar-refractivity contribution in [2.24, 2.45) is 0 Å². The highest BCUT2D eigenvalue weighted by atomic mass is 35.5. The van der Waals surface area contributed by atoms with Crippen LogP contribution in [0.1, 0.15) is 0 Å². The number of hydrogen-bond acceptors (Lipinski definition) is 1. The molecule has 0 atom stereocenters. The van der Waals surface area contributed by atoms with Crippen molar-refractivity contribution >= 4 is 22.4 Å². The molecule has 3 aromatic rings. The standard InChI is InChI=1S/C15H9ClFN/c16-11-5-6-14(17)13(9-11)15-12-4-2-1-3-10(12)7-8-18-15/h1-9H. The molecule has 0 spiro atoms. The summed E-state index contributed by atoms with van der Waals surface area (Å²) in [5, 5.41) is 2.45. The summed E-state index contributed by atoms with van der Waals surface area (Å²) >= 11 is 5.92. The molecule has 0 bridgehead atoms. The largest absolute Gasteiger partial charge is 0.255 e. The van der Waals surface area contributed by atoms with Gasteiger partial charge in [0.25, 0.3) is 0 Å². The second kappa shape index (κ2) is 4.39. The van der Waals surface area contributed by atoms with E-state index in [-0.39, 0.29) is 5.82 Å². The lowest BCUT2D eigenvalue weighted by atomic mass is 10.0. The Morgan fingerprint density at radius 1 is 1.00 bits per heavy atom. The van der Waals surface area contributed by atoms with Crippen LogP contribution in [0.25, 0.3) is 22.0 Å². The van der Waals surface area contributed by atoms with Crippen LogP contribution in [-0.2, 0) is 0 Å². The highest BCUT2D eigenvalue weighted by Gasteiger charge is 2.10. The van der Waals surface area contributed by atoms with Crippen molar-refractivity contribution in [2.75, 3.05) is 0 Å². The number of halogens is 2. The Morgan fingerprint density at radius 2 is 1.83 bits per heavy atom. The number of fused-ring (bicyclic) bond motifs is 1. The first-order valence-corrected chi connectivity index (χ1v) is 5.93. The van der Waals surface area contributed by atoms with Gasteiger partial charge in [-0.15, -0.1) is 0 Å². The number of rotatable bonds is 1. The number of nitrogens with zero attached hydrogens (tertiary/aromatic N) is 1. The van der Waals surface area contributed by atoms with Gasteiger partial charge in [0.2, 0.25) is 0 Å². The van der Waals surface area contributed by atoms with E-state index in [2.05, 4.69) is 4.98 Å². The monoisotopic (exact) mass is 257 g/mol. The molecule has 18 heavy (non-hydrogen) atoms. The molecule has 0 radical (unpaired) electrons. The van der Waals surface area contributed by atoms with Crippen molar-refractivity contribution in [3.8, 4) is 11.3 Å². The van der Waals surface area contributed by atoms with Gasteiger partial charge in [-0.25, -0.2) is 4.39 Å². The molecule has 0 unspecified atom stereocenters. The summed E-state index contributed by atoms with van der Waals surface area (Å²) in [5.41, 5.74) is 1.05. The topological polar surface area (TPSA) is 12.9 Å². The van der Waals surface area contributed by atoms with Crippen LogP contribution in [0.3, 0.4) is 0 Å². The smallest absolute Gasteiger partial charge is 0.132 e. The maximum absolute atomic E-state index is 13.9. The molecule has 88 valence electrons. The number of pyridine rings is 1. The minimum Gasteiger partial charge on any atom is -0.255 e. The first-order valence-electron chi connectivity index (χ1n) is 5.55. The van der Waals surface area contributed by atoms with Gasteiger partial charge in [0.05, 0.1) is 5.69 Å². The molecule has 3 heteroatoms. The average molecular weight is 258 g/mol. The number of hydrogen-bond donors (Lipinski definition) is 0. The molecule has 0 saturated carbocycles. The van der Waals surface area contributed by atoms with Crippen molar-refractivity contribution in [3.05, 3.63) is 65.6 Å². The molecule has 0 fully saturated rings. The van der Waals surface area contributed by atoms with E-state index in [1.807, 2.05) is 30.3 Å². The molecule has 0 aliphatic heterocycles. The minimum atomic E-state index is -0.316. The second-order valence-electron chi connectivity index (χ2n) is 4.00. The zero-order valence-electron chi connectivity index (χ0n) is 9.40. The van der Waals surface area contributed by atoms with E-state index in [0.717, 1.165) is 10.8 Å². The fraction of sp³-hybridized carbons (Fsp3) is 0. The third-order valence-electron chi connectivity index (χ3n) is 2.86. The quantitative estimate of drug-likeness (QED) is 0.616. The Hall–Kier alpha value is -1.93. The van der Waals surface area contributed by atoms with Crippen LogP contribution < -0.4 is 0 Å². The summed E-state index contributed by atoms with van der Waals surface area (Å²) < 4.78 is 13.9. The van der Waals surface area contributed by atoms with Crippen molar-refractivity contribution < 1.29 is 4.39 Å². The molecular formula is C15H9ClFN. The molecule has 1 heterocycles. The van der Waals surface area contributed by atoms with Gasteiger partial charge < -0.3 is 0 Å². The Labute approximate surface area is 109 Å². The molecule has 0 aliphatic carbocycles. The predicted octanol–water partition coefficient (Wildman–Crippen LogP) is 4.69. The summed E-state index contributed by atoms with van der Waals surface area (Å²) in [6.45, 7) is 0. The molecule has 0 saturated heterocycles. The summed E-state index contributed by atoms with van der Waals surface area (Å²) in [4.78, 5) is 4.28. The van der Waals surface area contributed by atoms with E-state index < -0.39 is 0 Å². The van der Waals surface area contributed by atoms with Crippen molar-refractivity contribution in [1.82, 2.24) is 4.98 Å². The maximum atomic E-state index is 13.9. The van der Waals surface area contributed by atoms with E-state index in [1.165, 1.54) is 12.1 Å². The minimum absolute atomic E-state index is 0.316. The van der Waals surface area contributed by atoms with E-state index >= 15 is 0 Å². The van der Waals surface area contributed by atoms with Gasteiger partial charge in [0.1, 0.15) is 5.82 Å². The maximum Gasteiger partial charge on any atom is 0.132 e. The van der Waals surface area contributed by atoms with Gasteiger partial charge in [-0.3, -0.25) is 4.98 Å². The fourth-order valence-corrected chi connectivity index (χ4v) is 2.19. The third kappa shape index (κ3) is 1.85. The van der Waals surface area contributed by atoms with Gasteiger partial charge in [-0.05, 0) is 29.7 Å². The first-order chi connectivity index (χ1) is 8.75. The molecule has 2 aromatic carbocycles. The van der Waals surface area contributed by atoms with Crippen LogP contribution in [0.2, 0.25) is 5.02 Å². The normalized spacial score (nSPS) is 10.8. The van der Waals surface area contributed by atoms with Gasteiger partial charge in [0, 0.05) is 22.2 Å². The van der Waals surface area contributed by atoms with Crippen LogP contribution >= 0.6 is 11.6 Å². The summed E-state index contributed by atoms with van der Waals surface area (Å²) in [6, 6.07) is 14.2. The van der Waals surface area contributed by atoms with E-state index in [0.29, 0.717) is 16.3 Å². The van der Waals surface area contributed by atoms with Crippen LogP contribution in [-0.4, -0.2) is 4.98 Å². The highest BCUT2D eigenvalue weighted by molar-refractivity contribution is 6.30. The second-order valence-corrected chi connectivity index (χ2v) is 4.44. The molecular weight excluding hydrogens is 249 g/mol. The number of aromatic nitrogens is 1. The molecule has 3 rings (SSSR count). The average Bonchev–Trinajstić information content (AvgIpc) is 2.41. The van der Waals surface area contributed by atoms with Crippen molar-refractivity contribution in [3.63, 3.8) is 0 Å². The van der Waals surface area contributed by atoms with Crippen LogP contribution in [0.5, 0.6) is 0 Å². The Kier molecular flexibility index (Phi) is 2.73. The van der Waals surface area contributed by atoms with Gasteiger partial charge in [-0.1, -0.05) is 35.9 Å². The summed E-state index contributed by atoms with van der Waals surface area (Å²) in [6.07, 6.45) is 1.68. The van der Waals surface area contributed by atoms with Crippen molar-refractivity contribution in [2.45, 2.75) is 0 Å². The highest BCUT2D eigenvalue weighted by Crippen LogP contribution is 2.30. The van der Waals surface area contributed by atoms with Gasteiger partial charge >= 0.3 is 0 Å². The summed E-state index contributed by atoms with van der Waals surface area (Å²) in [5.74, 6) is -0.316. The van der Waals surface area contributed by atoms with Crippen LogP contribution in [0, 0.1) is 5.82 Å². The van der Waals surface area contributed by atoms with E-state index in [1.54, 1.807) is 12.3 Å². The lowest BCUT2D eigenvalue weighted by Gasteiger charge is -2.07. The predicted molar refractivity (Wildman–Crippen MR) is 72.1 cm³/mol. The first kappa shape index (κ1) is 11.2. The van der Waals surface area contributed by atoms with E-state index in [9.17, 15) is 4.39 Å². The molecule has 0 N–H and O–H groups in total.